The van der Waals surface area contributed by atoms with Gasteiger partial charge in [-0.15, -0.1) is 0 Å². The molecule has 24 heavy (non-hydrogen) atoms. The first-order chi connectivity index (χ1) is 11.8. The third-order valence-corrected chi connectivity index (χ3v) is 3.81. The van der Waals surface area contributed by atoms with Crippen LogP contribution in [0.15, 0.2) is 12.3 Å². The molecular weight excluding hydrogens is 304 g/mol. The maximum Gasteiger partial charge on any atom is 0.187 e. The molecular formula is C20H40O4. The van der Waals surface area contributed by atoms with Crippen LogP contribution in [0.1, 0.15) is 84.5 Å². The van der Waals surface area contributed by atoms with Crippen LogP contribution in [0.25, 0.3) is 0 Å². The van der Waals surface area contributed by atoms with E-state index in [9.17, 15) is 0 Å². The number of rotatable bonds is 19. The quantitative estimate of drug-likeness (QED) is 0.168. The second-order valence-electron chi connectivity index (χ2n) is 6.18. The highest BCUT2D eigenvalue weighted by Crippen LogP contribution is 2.09. The fourth-order valence-electron chi connectivity index (χ4n) is 2.37. The van der Waals surface area contributed by atoms with Crippen LogP contribution in [0.4, 0.5) is 0 Å². The fraction of sp³-hybridized carbons (Fsp3) is 0.900. The Morgan fingerprint density at radius 3 is 1.79 bits per heavy atom. The van der Waals surface area contributed by atoms with Crippen LogP contribution in [0, 0.1) is 0 Å². The zero-order valence-corrected chi connectivity index (χ0v) is 16.3. The lowest BCUT2D eigenvalue weighted by atomic mass is 10.2. The SMILES string of the molecule is CCCCCCCOC(CC=COCOC)OCCCCCCC. The maximum atomic E-state index is 5.90. The van der Waals surface area contributed by atoms with Crippen molar-refractivity contribution < 1.29 is 18.9 Å². The molecule has 0 aliphatic heterocycles. The number of hydrogen-bond acceptors (Lipinski definition) is 4. The van der Waals surface area contributed by atoms with Gasteiger partial charge < -0.3 is 18.9 Å². The molecule has 0 bridgehead atoms. The molecule has 0 aromatic carbocycles. The minimum Gasteiger partial charge on any atom is -0.476 e. The van der Waals surface area contributed by atoms with Crippen molar-refractivity contribution in [1.29, 1.82) is 0 Å². The van der Waals surface area contributed by atoms with Gasteiger partial charge in [-0.1, -0.05) is 65.2 Å². The second kappa shape index (κ2) is 20.5. The van der Waals surface area contributed by atoms with Crippen molar-refractivity contribution in [3.8, 4) is 0 Å². The van der Waals surface area contributed by atoms with Gasteiger partial charge in [0.15, 0.2) is 13.1 Å². The van der Waals surface area contributed by atoms with Crippen LogP contribution in [-0.4, -0.2) is 33.4 Å². The molecule has 0 atom stereocenters. The average Bonchev–Trinajstić information content (AvgIpc) is 2.60. The lowest BCUT2D eigenvalue weighted by Gasteiger charge is -2.17. The lowest BCUT2D eigenvalue weighted by molar-refractivity contribution is -0.141. The number of unbranched alkanes of at least 4 members (excludes halogenated alkanes) is 8. The summed E-state index contributed by atoms with van der Waals surface area (Å²) in [6, 6.07) is 0. The third kappa shape index (κ3) is 17.8. The van der Waals surface area contributed by atoms with Crippen LogP contribution in [0.3, 0.4) is 0 Å². The number of ether oxygens (including phenoxy) is 4. The number of methoxy groups -OCH3 is 1. The first-order valence-corrected chi connectivity index (χ1v) is 9.83. The monoisotopic (exact) mass is 344 g/mol. The van der Waals surface area contributed by atoms with E-state index in [1.54, 1.807) is 13.4 Å². The standard InChI is InChI=1S/C20H40O4/c1-4-6-8-10-12-17-23-20(15-14-16-22-19-21-3)24-18-13-11-9-7-5-2/h14,16,20H,4-13,15,17-19H2,1-3H3. The minimum atomic E-state index is -0.162. The van der Waals surface area contributed by atoms with Gasteiger partial charge in [0.2, 0.25) is 0 Å². The Morgan fingerprint density at radius 2 is 1.29 bits per heavy atom. The van der Waals surface area contributed by atoms with E-state index >= 15 is 0 Å². The molecule has 0 amide bonds. The fourth-order valence-corrected chi connectivity index (χ4v) is 2.37. The van der Waals surface area contributed by atoms with E-state index in [1.807, 2.05) is 6.08 Å². The molecule has 0 aliphatic rings. The maximum absolute atomic E-state index is 5.90. The number of hydrogen-bond donors (Lipinski definition) is 0. The van der Waals surface area contributed by atoms with Crippen molar-refractivity contribution in [2.45, 2.75) is 90.8 Å². The van der Waals surface area contributed by atoms with Crippen LogP contribution < -0.4 is 0 Å². The molecule has 0 unspecified atom stereocenters. The molecule has 0 fully saturated rings. The van der Waals surface area contributed by atoms with E-state index in [-0.39, 0.29) is 13.1 Å². The molecule has 0 N–H and O–H groups in total. The molecule has 0 heterocycles. The molecule has 4 heteroatoms. The van der Waals surface area contributed by atoms with E-state index in [2.05, 4.69) is 13.8 Å². The topological polar surface area (TPSA) is 36.9 Å². The van der Waals surface area contributed by atoms with Gasteiger partial charge in [-0.3, -0.25) is 0 Å². The molecule has 0 aliphatic carbocycles. The summed E-state index contributed by atoms with van der Waals surface area (Å²) in [5, 5.41) is 0. The molecule has 0 saturated carbocycles. The molecule has 0 spiro atoms. The Labute approximate surface area is 149 Å². The molecule has 0 rings (SSSR count). The molecule has 144 valence electrons. The van der Waals surface area contributed by atoms with Crippen molar-refractivity contribution >= 4 is 0 Å². The average molecular weight is 345 g/mol. The van der Waals surface area contributed by atoms with Gasteiger partial charge in [0.05, 0.1) is 6.26 Å². The zero-order chi connectivity index (χ0) is 17.7. The summed E-state index contributed by atoms with van der Waals surface area (Å²) in [5.41, 5.74) is 0. The summed E-state index contributed by atoms with van der Waals surface area (Å²) in [4.78, 5) is 0. The van der Waals surface area contributed by atoms with Crippen LogP contribution in [0.5, 0.6) is 0 Å². The van der Waals surface area contributed by atoms with Gasteiger partial charge in [-0.05, 0) is 18.9 Å². The van der Waals surface area contributed by atoms with Crippen molar-refractivity contribution in [2.75, 3.05) is 27.1 Å². The Morgan fingerprint density at radius 1 is 0.750 bits per heavy atom. The van der Waals surface area contributed by atoms with Crippen LogP contribution >= 0.6 is 0 Å². The van der Waals surface area contributed by atoms with Gasteiger partial charge in [0, 0.05) is 26.7 Å². The highest BCUT2D eigenvalue weighted by atomic mass is 16.7. The van der Waals surface area contributed by atoms with Gasteiger partial charge in [0.1, 0.15) is 0 Å². The highest BCUT2D eigenvalue weighted by Gasteiger charge is 2.07. The second-order valence-corrected chi connectivity index (χ2v) is 6.18. The van der Waals surface area contributed by atoms with E-state index in [0.29, 0.717) is 6.42 Å². The van der Waals surface area contributed by atoms with Crippen molar-refractivity contribution in [1.82, 2.24) is 0 Å². The molecule has 0 saturated heterocycles. The largest absolute Gasteiger partial charge is 0.476 e. The Balaban J connectivity index is 3.84. The summed E-state index contributed by atoms with van der Waals surface area (Å²) in [7, 11) is 1.61. The van der Waals surface area contributed by atoms with Crippen molar-refractivity contribution in [3.05, 3.63) is 12.3 Å². The van der Waals surface area contributed by atoms with Crippen LogP contribution in [0.2, 0.25) is 0 Å². The summed E-state index contributed by atoms with van der Waals surface area (Å²) < 4.78 is 21.8. The first-order valence-electron chi connectivity index (χ1n) is 9.83. The summed E-state index contributed by atoms with van der Waals surface area (Å²) in [5.74, 6) is 0. The van der Waals surface area contributed by atoms with Crippen molar-refractivity contribution in [3.63, 3.8) is 0 Å². The molecule has 0 aromatic heterocycles. The normalized spacial score (nSPS) is 11.7. The predicted octanol–water partition coefficient (Wildman–Crippen LogP) is 5.81. The van der Waals surface area contributed by atoms with Crippen LogP contribution in [-0.2, 0) is 18.9 Å². The summed E-state index contributed by atoms with van der Waals surface area (Å²) in [6.45, 7) is 6.30. The summed E-state index contributed by atoms with van der Waals surface area (Å²) in [6.07, 6.45) is 16.6. The molecule has 4 nitrogen and oxygen atoms in total. The smallest absolute Gasteiger partial charge is 0.187 e. The van der Waals surface area contributed by atoms with Gasteiger partial charge in [-0.25, -0.2) is 0 Å². The van der Waals surface area contributed by atoms with E-state index in [4.69, 9.17) is 18.9 Å². The van der Waals surface area contributed by atoms with Crippen molar-refractivity contribution in [2.24, 2.45) is 0 Å². The van der Waals surface area contributed by atoms with Gasteiger partial charge in [-0.2, -0.15) is 0 Å². The summed E-state index contributed by atoms with van der Waals surface area (Å²) >= 11 is 0. The van der Waals surface area contributed by atoms with E-state index < -0.39 is 0 Å². The third-order valence-electron chi connectivity index (χ3n) is 3.81. The lowest BCUT2D eigenvalue weighted by Crippen LogP contribution is -2.18. The minimum absolute atomic E-state index is 0.162. The molecule has 0 radical (unpaired) electrons. The van der Waals surface area contributed by atoms with Gasteiger partial charge in [0.25, 0.3) is 0 Å². The van der Waals surface area contributed by atoms with Gasteiger partial charge >= 0.3 is 0 Å². The first kappa shape index (κ1) is 23.4. The van der Waals surface area contributed by atoms with E-state index in [1.165, 1.54) is 51.4 Å². The van der Waals surface area contributed by atoms with E-state index in [0.717, 1.165) is 26.1 Å². The predicted molar refractivity (Wildman–Crippen MR) is 99.9 cm³/mol. The zero-order valence-electron chi connectivity index (χ0n) is 16.3. The highest BCUT2D eigenvalue weighted by molar-refractivity contribution is 4.75. The Hall–Kier alpha value is -0.580. The molecule has 0 aromatic rings. The Bertz CT molecular complexity index is 240. The Kier molecular flexibility index (Phi) is 20.0.